The Balaban J connectivity index is 0. The summed E-state index contributed by atoms with van der Waals surface area (Å²) in [5.41, 5.74) is 4.99. The number of aliphatic hydroxyl groups is 1. The van der Waals surface area contributed by atoms with Crippen molar-refractivity contribution in [1.29, 1.82) is 0 Å². The van der Waals surface area contributed by atoms with Gasteiger partial charge in [0.15, 0.2) is 0 Å². The molecule has 4 heteroatoms. The van der Waals surface area contributed by atoms with Crippen LogP contribution < -0.4 is 24.8 Å². The van der Waals surface area contributed by atoms with E-state index in [0.29, 0.717) is 0 Å². The molecule has 1 N–H and O–H groups in total. The zero-order valence-corrected chi connectivity index (χ0v) is 16.0. The SMILES string of the molecule is CC1=C(c2[c-]cccc2)CC=C1.OCc1ccccc1.[Cl-].[Cl-].[Ti+3]. The largest absolute Gasteiger partial charge is 3.00 e. The van der Waals surface area contributed by atoms with Crippen molar-refractivity contribution < 1.29 is 51.6 Å². The summed E-state index contributed by atoms with van der Waals surface area (Å²) < 4.78 is 0. The van der Waals surface area contributed by atoms with Crippen LogP contribution in [0.4, 0.5) is 0 Å². The molecule has 119 valence electrons. The van der Waals surface area contributed by atoms with E-state index in [9.17, 15) is 0 Å². The Morgan fingerprint density at radius 1 is 1.00 bits per heavy atom. The molecule has 0 unspecified atom stereocenters. The van der Waals surface area contributed by atoms with Gasteiger partial charge in [0.05, 0.1) is 6.61 Å². The second kappa shape index (κ2) is 13.6. The molecule has 3 rings (SSSR count). The summed E-state index contributed by atoms with van der Waals surface area (Å²) in [7, 11) is 0. The molecule has 0 aliphatic heterocycles. The number of aliphatic hydroxyl groups excluding tert-OH is 1. The summed E-state index contributed by atoms with van der Waals surface area (Å²) in [6.45, 7) is 2.29. The maximum Gasteiger partial charge on any atom is 3.00 e. The molecule has 2 aromatic carbocycles. The number of hydrogen-bond donors (Lipinski definition) is 1. The van der Waals surface area contributed by atoms with Gasteiger partial charge in [0.1, 0.15) is 0 Å². The first-order valence-electron chi connectivity index (χ1n) is 6.79. The molecule has 0 bridgehead atoms. The van der Waals surface area contributed by atoms with E-state index in [2.05, 4.69) is 37.3 Å². The summed E-state index contributed by atoms with van der Waals surface area (Å²) in [5.74, 6) is 0. The summed E-state index contributed by atoms with van der Waals surface area (Å²) in [5, 5.41) is 8.54. The van der Waals surface area contributed by atoms with E-state index in [4.69, 9.17) is 5.11 Å². The Hall–Kier alpha value is -0.826. The van der Waals surface area contributed by atoms with Gasteiger partial charge in [-0.05, 0) is 18.9 Å². The molecule has 0 spiro atoms. The minimum absolute atomic E-state index is 0. The van der Waals surface area contributed by atoms with Gasteiger partial charge in [0, 0.05) is 0 Å². The van der Waals surface area contributed by atoms with Crippen LogP contribution in [0.15, 0.2) is 72.3 Å². The fourth-order valence-electron chi connectivity index (χ4n) is 2.10. The number of allylic oxidation sites excluding steroid dienone is 4. The Bertz CT molecular complexity index is 595. The van der Waals surface area contributed by atoms with Crippen LogP contribution in [0, 0.1) is 6.07 Å². The molecule has 0 saturated carbocycles. The van der Waals surface area contributed by atoms with E-state index in [1.165, 1.54) is 16.7 Å². The Labute approximate surface area is 166 Å². The van der Waals surface area contributed by atoms with Gasteiger partial charge in [-0.1, -0.05) is 48.1 Å². The zero-order chi connectivity index (χ0) is 14.2. The molecule has 0 fully saturated rings. The van der Waals surface area contributed by atoms with E-state index in [1.807, 2.05) is 42.5 Å². The van der Waals surface area contributed by atoms with Gasteiger partial charge >= 0.3 is 21.7 Å². The molecule has 2 aromatic rings. The van der Waals surface area contributed by atoms with Gasteiger partial charge in [-0.15, -0.1) is 41.5 Å². The number of halogens is 2. The predicted octanol–water partition coefficient (Wildman–Crippen LogP) is -1.60. The van der Waals surface area contributed by atoms with Crippen molar-refractivity contribution in [2.45, 2.75) is 20.0 Å². The minimum atomic E-state index is 0. The Kier molecular flexibility index (Phi) is 14.4. The van der Waals surface area contributed by atoms with Gasteiger partial charge in [-0.2, -0.15) is 0 Å². The van der Waals surface area contributed by atoms with Gasteiger partial charge < -0.3 is 29.9 Å². The summed E-state index contributed by atoms with van der Waals surface area (Å²) in [6.07, 6.45) is 5.44. The third-order valence-corrected chi connectivity index (χ3v) is 3.23. The van der Waals surface area contributed by atoms with Crippen LogP contribution >= 0.6 is 0 Å². The average molecular weight is 382 g/mol. The molecule has 0 amide bonds. The van der Waals surface area contributed by atoms with E-state index in [-0.39, 0.29) is 53.1 Å². The first kappa shape index (κ1) is 24.4. The molecule has 23 heavy (non-hydrogen) atoms. The van der Waals surface area contributed by atoms with Crippen molar-refractivity contribution in [3.05, 3.63) is 89.5 Å². The first-order chi connectivity index (χ1) is 9.81. The molecular weight excluding hydrogens is 363 g/mol. The second-order valence-electron chi connectivity index (χ2n) is 4.69. The van der Waals surface area contributed by atoms with Crippen molar-refractivity contribution in [2.75, 3.05) is 0 Å². The van der Waals surface area contributed by atoms with Crippen molar-refractivity contribution in [2.24, 2.45) is 0 Å². The monoisotopic (exact) mass is 381 g/mol. The molecule has 1 aliphatic carbocycles. The minimum Gasteiger partial charge on any atom is -1.00 e. The smallest absolute Gasteiger partial charge is 1.00 e. The third-order valence-electron chi connectivity index (χ3n) is 3.23. The van der Waals surface area contributed by atoms with Crippen molar-refractivity contribution >= 4 is 5.57 Å². The van der Waals surface area contributed by atoms with Gasteiger partial charge in [-0.3, -0.25) is 0 Å². The zero-order valence-electron chi connectivity index (χ0n) is 13.0. The van der Waals surface area contributed by atoms with E-state index in [1.54, 1.807) is 0 Å². The maximum atomic E-state index is 8.54. The van der Waals surface area contributed by atoms with Crippen molar-refractivity contribution in [3.8, 4) is 0 Å². The molecule has 1 nitrogen and oxygen atoms in total. The van der Waals surface area contributed by atoms with Crippen LogP contribution in [0.2, 0.25) is 0 Å². The quantitative estimate of drug-likeness (QED) is 0.491. The number of benzene rings is 2. The van der Waals surface area contributed by atoms with E-state index < -0.39 is 0 Å². The summed E-state index contributed by atoms with van der Waals surface area (Å²) in [6, 6.07) is 20.9. The third kappa shape index (κ3) is 8.01. The van der Waals surface area contributed by atoms with Crippen molar-refractivity contribution in [3.63, 3.8) is 0 Å². The second-order valence-corrected chi connectivity index (χ2v) is 4.69. The summed E-state index contributed by atoms with van der Waals surface area (Å²) in [4.78, 5) is 0. The number of hydrogen-bond acceptors (Lipinski definition) is 1. The Morgan fingerprint density at radius 3 is 2.09 bits per heavy atom. The normalized spacial score (nSPS) is 11.4. The molecule has 1 aliphatic rings. The molecule has 1 radical (unpaired) electrons. The molecule has 0 aromatic heterocycles. The fourth-order valence-corrected chi connectivity index (χ4v) is 2.10. The van der Waals surface area contributed by atoms with Crippen LogP contribution in [0.3, 0.4) is 0 Å². The predicted molar refractivity (Wildman–Crippen MR) is 84.0 cm³/mol. The van der Waals surface area contributed by atoms with Gasteiger partial charge in [0.25, 0.3) is 0 Å². The van der Waals surface area contributed by atoms with Gasteiger partial charge in [-0.25, -0.2) is 0 Å². The summed E-state index contributed by atoms with van der Waals surface area (Å²) >= 11 is 0. The molecule has 0 saturated heterocycles. The molecule has 0 heterocycles. The number of rotatable bonds is 2. The average Bonchev–Trinajstić information content (AvgIpc) is 2.96. The van der Waals surface area contributed by atoms with E-state index >= 15 is 0 Å². The van der Waals surface area contributed by atoms with Crippen LogP contribution in [-0.2, 0) is 28.3 Å². The van der Waals surface area contributed by atoms with Crippen LogP contribution in [0.1, 0.15) is 24.5 Å². The first-order valence-corrected chi connectivity index (χ1v) is 6.79. The van der Waals surface area contributed by atoms with Crippen LogP contribution in [0.25, 0.3) is 5.57 Å². The molecule has 0 atom stereocenters. The van der Waals surface area contributed by atoms with Gasteiger partial charge in [0.2, 0.25) is 0 Å². The maximum absolute atomic E-state index is 8.54. The topological polar surface area (TPSA) is 20.2 Å². The Morgan fingerprint density at radius 2 is 1.65 bits per heavy atom. The standard InChI is InChI=1S/C12H11.C7H8O.2ClH.Ti/c1-10-6-5-9-12(10)11-7-3-2-4-8-11;8-6-7-4-2-1-3-5-7;;;/h2-7H,9H2,1H3;1-5,8H,6H2;2*1H;/q-1;;;;+3/p-2. The van der Waals surface area contributed by atoms with Crippen molar-refractivity contribution in [1.82, 2.24) is 0 Å². The fraction of sp³-hybridized carbons (Fsp3) is 0.158. The molecular formula is C19H19Cl2OTi. The van der Waals surface area contributed by atoms with E-state index in [0.717, 1.165) is 12.0 Å². The van der Waals surface area contributed by atoms with Crippen LogP contribution in [0.5, 0.6) is 0 Å². The van der Waals surface area contributed by atoms with Crippen LogP contribution in [-0.4, -0.2) is 5.11 Å².